The number of benzene rings is 1. The van der Waals surface area contributed by atoms with E-state index in [1.807, 2.05) is 6.07 Å². The number of rotatable bonds is 9. The van der Waals surface area contributed by atoms with E-state index >= 15 is 0 Å². The SMILES string of the molecule is COCCN1C(=O)COc2cc(Nc3ncc(-c4cccc(C(N)=O)c4)c(NC4CC(C)(C)N(C)C(C)(C)C4)n3)cnc21. The number of hydrogen-bond donors (Lipinski definition) is 3. The average molecular weight is 589 g/mol. The summed E-state index contributed by atoms with van der Waals surface area (Å²) in [6.45, 7) is 9.70. The molecule has 1 fully saturated rings. The Morgan fingerprint density at radius 1 is 1.14 bits per heavy atom. The van der Waals surface area contributed by atoms with E-state index in [0.29, 0.717) is 47.7 Å². The quantitative estimate of drug-likeness (QED) is 0.337. The highest BCUT2D eigenvalue weighted by atomic mass is 16.5. The number of methoxy groups -OCH3 is 1. The number of hydrogen-bond acceptors (Lipinski definition) is 10. The van der Waals surface area contributed by atoms with Gasteiger partial charge in [0.1, 0.15) is 5.82 Å². The van der Waals surface area contributed by atoms with Gasteiger partial charge in [0.15, 0.2) is 18.2 Å². The lowest BCUT2D eigenvalue weighted by Crippen LogP contribution is -2.61. The topological polar surface area (TPSA) is 148 Å². The number of nitrogens with two attached hydrogens (primary N) is 1. The van der Waals surface area contributed by atoms with Gasteiger partial charge in [-0.1, -0.05) is 12.1 Å². The number of nitrogens with one attached hydrogen (secondary N) is 2. The summed E-state index contributed by atoms with van der Waals surface area (Å²) < 4.78 is 10.8. The molecule has 0 atom stereocenters. The predicted octanol–water partition coefficient (Wildman–Crippen LogP) is 3.82. The van der Waals surface area contributed by atoms with Crippen LogP contribution in [0.3, 0.4) is 0 Å². The number of carbonyl (C=O) groups excluding carboxylic acids is 2. The molecule has 2 aliphatic rings. The summed E-state index contributed by atoms with van der Waals surface area (Å²) in [5.74, 6) is 1.24. The van der Waals surface area contributed by atoms with Gasteiger partial charge in [0, 0.05) is 47.6 Å². The largest absolute Gasteiger partial charge is 0.480 e. The molecule has 43 heavy (non-hydrogen) atoms. The summed E-state index contributed by atoms with van der Waals surface area (Å²) in [6.07, 6.45) is 5.16. The molecule has 12 heteroatoms. The smallest absolute Gasteiger partial charge is 0.266 e. The summed E-state index contributed by atoms with van der Waals surface area (Å²) in [7, 11) is 3.76. The molecule has 0 unspecified atom stereocenters. The zero-order valence-corrected chi connectivity index (χ0v) is 25.6. The molecule has 1 saturated heterocycles. The second-order valence-electron chi connectivity index (χ2n) is 12.3. The Balaban J connectivity index is 1.47. The third-order valence-corrected chi connectivity index (χ3v) is 8.41. The fourth-order valence-electron chi connectivity index (χ4n) is 5.96. The first kappa shape index (κ1) is 30.2. The van der Waals surface area contributed by atoms with E-state index in [9.17, 15) is 9.59 Å². The molecule has 1 aromatic carbocycles. The maximum atomic E-state index is 12.4. The van der Waals surface area contributed by atoms with E-state index in [2.05, 4.69) is 60.2 Å². The van der Waals surface area contributed by atoms with Gasteiger partial charge in [0.2, 0.25) is 11.9 Å². The number of fused-ring (bicyclic) bond motifs is 1. The molecule has 0 saturated carbocycles. The highest BCUT2D eigenvalue weighted by Gasteiger charge is 2.43. The normalized spacial score (nSPS) is 18.1. The van der Waals surface area contributed by atoms with Gasteiger partial charge in [-0.2, -0.15) is 4.98 Å². The molecule has 0 aliphatic carbocycles. The van der Waals surface area contributed by atoms with Crippen LogP contribution in [0.2, 0.25) is 0 Å². The summed E-state index contributed by atoms with van der Waals surface area (Å²) in [5.41, 5.74) is 8.05. The van der Waals surface area contributed by atoms with Crippen molar-refractivity contribution in [1.82, 2.24) is 19.9 Å². The molecule has 0 bridgehead atoms. The van der Waals surface area contributed by atoms with Gasteiger partial charge in [-0.15, -0.1) is 0 Å². The van der Waals surface area contributed by atoms with Crippen molar-refractivity contribution < 1.29 is 19.1 Å². The minimum Gasteiger partial charge on any atom is -0.480 e. The first-order valence-corrected chi connectivity index (χ1v) is 14.3. The Bertz CT molecular complexity index is 1510. The van der Waals surface area contributed by atoms with Gasteiger partial charge in [-0.3, -0.25) is 19.4 Å². The number of carbonyl (C=O) groups is 2. The fourth-order valence-corrected chi connectivity index (χ4v) is 5.96. The molecule has 4 heterocycles. The average Bonchev–Trinajstić information content (AvgIpc) is 2.95. The Labute approximate surface area is 252 Å². The van der Waals surface area contributed by atoms with E-state index in [-0.39, 0.29) is 29.6 Å². The lowest BCUT2D eigenvalue weighted by Gasteiger charge is -2.53. The molecule has 4 N–H and O–H groups in total. The van der Waals surface area contributed by atoms with Crippen LogP contribution in [0, 0.1) is 0 Å². The summed E-state index contributed by atoms with van der Waals surface area (Å²) >= 11 is 0. The van der Waals surface area contributed by atoms with Crippen molar-refractivity contribution in [1.29, 1.82) is 0 Å². The Morgan fingerprint density at radius 2 is 1.88 bits per heavy atom. The van der Waals surface area contributed by atoms with E-state index in [4.69, 9.17) is 20.2 Å². The maximum Gasteiger partial charge on any atom is 0.266 e. The van der Waals surface area contributed by atoms with Crippen LogP contribution in [0.15, 0.2) is 42.7 Å². The molecular weight excluding hydrogens is 548 g/mol. The van der Waals surface area contributed by atoms with Gasteiger partial charge in [0.25, 0.3) is 5.91 Å². The third kappa shape index (κ3) is 6.40. The number of ether oxygens (including phenoxy) is 2. The monoisotopic (exact) mass is 588 g/mol. The van der Waals surface area contributed by atoms with E-state index in [0.717, 1.165) is 24.0 Å². The van der Waals surface area contributed by atoms with Crippen LogP contribution in [0.4, 0.5) is 23.3 Å². The molecule has 2 aromatic heterocycles. The molecule has 5 rings (SSSR count). The van der Waals surface area contributed by atoms with E-state index < -0.39 is 5.91 Å². The lowest BCUT2D eigenvalue weighted by molar-refractivity contribution is -0.121. The van der Waals surface area contributed by atoms with Crippen molar-refractivity contribution in [3.63, 3.8) is 0 Å². The Morgan fingerprint density at radius 3 is 2.58 bits per heavy atom. The number of likely N-dealkylation sites (tertiary alicyclic amines) is 1. The van der Waals surface area contributed by atoms with Crippen molar-refractivity contribution in [3.05, 3.63) is 48.3 Å². The van der Waals surface area contributed by atoms with Crippen molar-refractivity contribution in [2.75, 3.05) is 49.4 Å². The first-order chi connectivity index (χ1) is 20.4. The second-order valence-corrected chi connectivity index (χ2v) is 12.3. The molecule has 12 nitrogen and oxygen atoms in total. The van der Waals surface area contributed by atoms with Crippen LogP contribution in [0.1, 0.15) is 50.9 Å². The molecule has 0 spiro atoms. The van der Waals surface area contributed by atoms with Gasteiger partial charge < -0.3 is 25.8 Å². The predicted molar refractivity (Wildman–Crippen MR) is 166 cm³/mol. The number of nitrogens with zero attached hydrogens (tertiary/aromatic N) is 5. The number of pyridine rings is 1. The number of primary amides is 1. The summed E-state index contributed by atoms with van der Waals surface area (Å²) in [6, 6.07) is 9.06. The summed E-state index contributed by atoms with van der Waals surface area (Å²) in [5, 5.41) is 6.94. The van der Waals surface area contributed by atoms with Gasteiger partial charge in [-0.05, 0) is 65.3 Å². The molecule has 2 aliphatic heterocycles. The number of anilines is 4. The van der Waals surface area contributed by atoms with Crippen molar-refractivity contribution >= 4 is 35.1 Å². The second kappa shape index (κ2) is 11.8. The van der Waals surface area contributed by atoms with Gasteiger partial charge in [-0.25, -0.2) is 9.97 Å². The fraction of sp³-hybridized carbons (Fsp3) is 0.452. The molecule has 2 amide bonds. The van der Waals surface area contributed by atoms with E-state index in [1.165, 1.54) is 0 Å². The number of amides is 2. The minimum atomic E-state index is -0.501. The first-order valence-electron chi connectivity index (χ1n) is 14.3. The zero-order chi connectivity index (χ0) is 30.9. The van der Waals surface area contributed by atoms with Crippen molar-refractivity contribution in [2.45, 2.75) is 57.7 Å². The van der Waals surface area contributed by atoms with E-state index in [1.54, 1.807) is 48.7 Å². The molecular formula is C31H40N8O4. The Kier molecular flexibility index (Phi) is 8.26. The van der Waals surface area contributed by atoms with Crippen LogP contribution in [-0.2, 0) is 9.53 Å². The number of aromatic nitrogens is 3. The summed E-state index contributed by atoms with van der Waals surface area (Å²) in [4.78, 5) is 42.3. The maximum absolute atomic E-state index is 12.4. The molecule has 0 radical (unpaired) electrons. The van der Waals surface area contributed by atoms with Crippen molar-refractivity contribution in [2.24, 2.45) is 5.73 Å². The van der Waals surface area contributed by atoms with Crippen LogP contribution < -0.4 is 26.0 Å². The van der Waals surface area contributed by atoms with Crippen molar-refractivity contribution in [3.8, 4) is 16.9 Å². The third-order valence-electron chi connectivity index (χ3n) is 8.41. The van der Waals surface area contributed by atoms with Gasteiger partial charge >= 0.3 is 0 Å². The molecule has 3 aromatic rings. The highest BCUT2D eigenvalue weighted by molar-refractivity contribution is 5.97. The number of piperidine rings is 1. The van der Waals surface area contributed by atoms with Crippen LogP contribution in [0.5, 0.6) is 5.75 Å². The van der Waals surface area contributed by atoms with Crippen LogP contribution in [-0.4, -0.2) is 82.7 Å². The standard InChI is InChI=1S/C31H40N8O4/c1-30(2)14-22(15-31(3,4)38(30)5)35-27-23(19-8-7-9-20(12-19)26(32)41)17-34-29(37-27)36-21-13-24-28(33-16-21)39(10-11-42-6)25(40)18-43-24/h7-9,12-13,16-17,22H,10-11,14-15,18H2,1-6H3,(H2,32,41)(H2,34,35,36,37). The minimum absolute atomic E-state index is 0.0348. The zero-order valence-electron chi connectivity index (χ0n) is 25.6. The van der Waals surface area contributed by atoms with Crippen LogP contribution in [0.25, 0.3) is 11.1 Å². The highest BCUT2D eigenvalue weighted by Crippen LogP contribution is 2.39. The lowest BCUT2D eigenvalue weighted by atomic mass is 9.77. The molecule has 228 valence electrons. The van der Waals surface area contributed by atoms with Gasteiger partial charge in [0.05, 0.1) is 25.0 Å². The van der Waals surface area contributed by atoms with Crippen LogP contribution >= 0.6 is 0 Å². The Hall–Kier alpha value is -4.29.